The van der Waals surface area contributed by atoms with Crippen molar-refractivity contribution in [2.24, 2.45) is 11.5 Å². The highest BCUT2D eigenvalue weighted by Crippen LogP contribution is 2.25. The number of benzene rings is 3. The molecule has 10 nitrogen and oxygen atoms in total. The van der Waals surface area contributed by atoms with E-state index in [1.165, 1.54) is 30.1 Å². The molecule has 4 amide bonds. The molecule has 0 saturated heterocycles. The van der Waals surface area contributed by atoms with Crippen molar-refractivity contribution in [2.75, 3.05) is 12.4 Å². The lowest BCUT2D eigenvalue weighted by Gasteiger charge is -2.11. The molecule has 11 heteroatoms. The number of amides is 4. The van der Waals surface area contributed by atoms with Crippen molar-refractivity contribution >= 4 is 23.5 Å². The predicted molar refractivity (Wildman–Crippen MR) is 135 cm³/mol. The summed E-state index contributed by atoms with van der Waals surface area (Å²) >= 11 is 0. The van der Waals surface area contributed by atoms with Crippen molar-refractivity contribution in [1.82, 2.24) is 15.1 Å². The van der Waals surface area contributed by atoms with Gasteiger partial charge >= 0.3 is 6.03 Å². The van der Waals surface area contributed by atoms with Gasteiger partial charge in [-0.15, -0.1) is 0 Å². The van der Waals surface area contributed by atoms with Gasteiger partial charge in [-0.3, -0.25) is 9.59 Å². The number of hydrogen-bond acceptors (Lipinski definition) is 5. The second-order valence-electron chi connectivity index (χ2n) is 7.93. The first-order valence-electron chi connectivity index (χ1n) is 11.0. The molecule has 0 aliphatic carbocycles. The summed E-state index contributed by atoms with van der Waals surface area (Å²) in [7, 11) is 1.54. The van der Waals surface area contributed by atoms with Crippen LogP contribution in [-0.2, 0) is 6.54 Å². The highest BCUT2D eigenvalue weighted by Gasteiger charge is 2.17. The summed E-state index contributed by atoms with van der Waals surface area (Å²) in [6.45, 7) is 0.188. The zero-order valence-corrected chi connectivity index (χ0v) is 19.7. The van der Waals surface area contributed by atoms with Crippen molar-refractivity contribution in [3.05, 3.63) is 95.6 Å². The van der Waals surface area contributed by atoms with Gasteiger partial charge in [-0.25, -0.2) is 13.9 Å². The van der Waals surface area contributed by atoms with E-state index < -0.39 is 23.7 Å². The summed E-state index contributed by atoms with van der Waals surface area (Å²) < 4.78 is 21.5. The summed E-state index contributed by atoms with van der Waals surface area (Å²) in [5, 5.41) is 9.10. The average Bonchev–Trinajstić information content (AvgIpc) is 3.31. The Balaban J connectivity index is 1.50. The summed E-state index contributed by atoms with van der Waals surface area (Å²) in [5.74, 6) is -1.42. The molecule has 0 radical (unpaired) electrons. The van der Waals surface area contributed by atoms with E-state index >= 15 is 0 Å². The normalized spacial score (nSPS) is 10.5. The number of hydrogen-bond donors (Lipinski definition) is 4. The monoisotopic (exact) mass is 502 g/mol. The highest BCUT2D eigenvalue weighted by atomic mass is 19.1. The van der Waals surface area contributed by atoms with Crippen molar-refractivity contribution < 1.29 is 23.5 Å². The lowest BCUT2D eigenvalue weighted by molar-refractivity contribution is 0.0945. The van der Waals surface area contributed by atoms with Crippen molar-refractivity contribution in [2.45, 2.75) is 6.54 Å². The predicted octanol–water partition coefficient (Wildman–Crippen LogP) is 3.21. The standard InChI is InChI=1S/C26H23FN6O4/c1-37-22-5-3-2-4-17(22)13-30-25(35)19-11-8-16(12-20(19)27)15-6-9-18(10-7-15)33-14-21(31-26(29)36)23(32-33)24(28)34/h2-12,14H,13H2,1H3,(H2,28,34)(H,30,35)(H3,29,31,36). The molecule has 0 unspecified atom stereocenters. The van der Waals surface area contributed by atoms with Gasteiger partial charge in [-0.2, -0.15) is 5.10 Å². The number of ether oxygens (including phenoxy) is 1. The molecule has 3 aromatic carbocycles. The molecule has 0 saturated carbocycles. The second-order valence-corrected chi connectivity index (χ2v) is 7.93. The van der Waals surface area contributed by atoms with Gasteiger partial charge in [0.2, 0.25) is 0 Å². The molecule has 4 rings (SSSR count). The number of nitrogens with two attached hydrogens (primary N) is 2. The molecule has 0 atom stereocenters. The van der Waals surface area contributed by atoms with Crippen LogP contribution in [0.5, 0.6) is 5.75 Å². The maximum Gasteiger partial charge on any atom is 0.316 e. The minimum absolute atomic E-state index is 0.0747. The maximum atomic E-state index is 14.8. The van der Waals surface area contributed by atoms with E-state index in [1.54, 1.807) is 36.4 Å². The van der Waals surface area contributed by atoms with Crippen LogP contribution in [0, 0.1) is 5.82 Å². The molecule has 0 aliphatic rings. The van der Waals surface area contributed by atoms with Crippen LogP contribution in [-0.4, -0.2) is 34.7 Å². The molecule has 6 N–H and O–H groups in total. The summed E-state index contributed by atoms with van der Waals surface area (Å²) in [6, 6.07) is 17.5. The molecule has 4 aromatic rings. The van der Waals surface area contributed by atoms with E-state index in [0.717, 1.165) is 5.56 Å². The zero-order chi connectivity index (χ0) is 26.5. The minimum atomic E-state index is -0.864. The minimum Gasteiger partial charge on any atom is -0.496 e. The van der Waals surface area contributed by atoms with Gasteiger partial charge in [0.1, 0.15) is 11.6 Å². The molecule has 1 heterocycles. The Morgan fingerprint density at radius 2 is 1.70 bits per heavy atom. The number of nitrogens with zero attached hydrogens (tertiary/aromatic N) is 2. The quantitative estimate of drug-likeness (QED) is 0.291. The molecular weight excluding hydrogens is 479 g/mol. The smallest absolute Gasteiger partial charge is 0.316 e. The van der Waals surface area contributed by atoms with Gasteiger partial charge in [0.15, 0.2) is 5.69 Å². The highest BCUT2D eigenvalue weighted by molar-refractivity contribution is 6.00. The lowest BCUT2D eigenvalue weighted by Crippen LogP contribution is -2.24. The maximum absolute atomic E-state index is 14.8. The molecule has 0 aliphatic heterocycles. The number of halogens is 1. The number of primary amides is 2. The fraction of sp³-hybridized carbons (Fsp3) is 0.0769. The number of carbonyl (C=O) groups is 3. The number of nitrogens with one attached hydrogen (secondary N) is 2. The lowest BCUT2D eigenvalue weighted by atomic mass is 10.0. The summed E-state index contributed by atoms with van der Waals surface area (Å²) in [6.07, 6.45) is 1.40. The number of methoxy groups -OCH3 is 1. The first-order chi connectivity index (χ1) is 17.8. The van der Waals surface area contributed by atoms with Crippen LogP contribution < -0.4 is 26.8 Å². The van der Waals surface area contributed by atoms with E-state index in [4.69, 9.17) is 16.2 Å². The molecular formula is C26H23FN6O4. The van der Waals surface area contributed by atoms with Crippen LogP contribution >= 0.6 is 0 Å². The Labute approximate surface area is 211 Å². The fourth-order valence-corrected chi connectivity index (χ4v) is 3.72. The first-order valence-corrected chi connectivity index (χ1v) is 11.0. The number of rotatable bonds is 8. The van der Waals surface area contributed by atoms with Crippen LogP contribution in [0.3, 0.4) is 0 Å². The molecule has 188 valence electrons. The second kappa shape index (κ2) is 10.6. The van der Waals surface area contributed by atoms with Crippen LogP contribution in [0.4, 0.5) is 14.9 Å². The number of carbonyl (C=O) groups excluding carboxylic acids is 3. The number of para-hydroxylation sites is 1. The number of anilines is 1. The van der Waals surface area contributed by atoms with Crippen LogP contribution in [0.1, 0.15) is 26.4 Å². The Bertz CT molecular complexity index is 1480. The third-order valence-electron chi connectivity index (χ3n) is 5.52. The van der Waals surface area contributed by atoms with Crippen LogP contribution in [0.15, 0.2) is 72.9 Å². The van der Waals surface area contributed by atoms with Gasteiger partial charge in [-0.05, 0) is 41.5 Å². The van der Waals surface area contributed by atoms with E-state index in [0.29, 0.717) is 22.6 Å². The van der Waals surface area contributed by atoms with E-state index in [2.05, 4.69) is 15.7 Å². The van der Waals surface area contributed by atoms with E-state index in [9.17, 15) is 18.8 Å². The molecule has 0 fully saturated rings. The van der Waals surface area contributed by atoms with Gasteiger partial charge in [-0.1, -0.05) is 36.4 Å². The largest absolute Gasteiger partial charge is 0.496 e. The van der Waals surface area contributed by atoms with E-state index in [1.807, 2.05) is 18.2 Å². The molecule has 0 spiro atoms. The number of urea groups is 1. The Hall–Kier alpha value is -5.19. The van der Waals surface area contributed by atoms with Gasteiger partial charge in [0.25, 0.3) is 11.8 Å². The SMILES string of the molecule is COc1ccccc1CNC(=O)c1ccc(-c2ccc(-n3cc(NC(N)=O)c(C(N)=O)n3)cc2)cc1F. The average molecular weight is 503 g/mol. The third-order valence-corrected chi connectivity index (χ3v) is 5.52. The van der Waals surface area contributed by atoms with E-state index in [-0.39, 0.29) is 23.5 Å². The zero-order valence-electron chi connectivity index (χ0n) is 19.7. The molecule has 1 aromatic heterocycles. The van der Waals surface area contributed by atoms with Crippen molar-refractivity contribution in [1.29, 1.82) is 0 Å². The Morgan fingerprint density at radius 3 is 2.35 bits per heavy atom. The van der Waals surface area contributed by atoms with Gasteiger partial charge < -0.3 is 26.8 Å². The van der Waals surface area contributed by atoms with Gasteiger partial charge in [0, 0.05) is 12.1 Å². The summed E-state index contributed by atoms with van der Waals surface area (Å²) in [5.41, 5.74) is 12.8. The van der Waals surface area contributed by atoms with Crippen molar-refractivity contribution in [3.63, 3.8) is 0 Å². The van der Waals surface area contributed by atoms with Crippen LogP contribution in [0.2, 0.25) is 0 Å². The first kappa shape index (κ1) is 24.9. The Kier molecular flexibility index (Phi) is 7.14. The Morgan fingerprint density at radius 1 is 1.00 bits per heavy atom. The summed E-state index contributed by atoms with van der Waals surface area (Å²) in [4.78, 5) is 35.4. The molecule has 37 heavy (non-hydrogen) atoms. The number of aromatic nitrogens is 2. The third kappa shape index (κ3) is 5.56. The van der Waals surface area contributed by atoms with Crippen LogP contribution in [0.25, 0.3) is 16.8 Å². The topological polar surface area (TPSA) is 154 Å². The fourth-order valence-electron chi connectivity index (χ4n) is 3.72. The molecule has 0 bridgehead atoms. The van der Waals surface area contributed by atoms with Gasteiger partial charge in [0.05, 0.1) is 30.2 Å². The van der Waals surface area contributed by atoms with Crippen molar-refractivity contribution in [3.8, 4) is 22.6 Å².